The normalized spacial score (nSPS) is 11.8. The van der Waals surface area contributed by atoms with Gasteiger partial charge in [0, 0.05) is 22.7 Å². The molecule has 0 fully saturated rings. The summed E-state index contributed by atoms with van der Waals surface area (Å²) in [6, 6.07) is 22.5. The number of nitrogens with one attached hydrogen (secondary N) is 2. The molecule has 208 valence electrons. The summed E-state index contributed by atoms with van der Waals surface area (Å²) < 4.78 is 78.6. The summed E-state index contributed by atoms with van der Waals surface area (Å²) in [5, 5.41) is 6.10. The zero-order valence-electron chi connectivity index (χ0n) is 21.4. The molecule has 0 heterocycles. The van der Waals surface area contributed by atoms with Crippen LogP contribution in [0.5, 0.6) is 11.5 Å². The van der Waals surface area contributed by atoms with Crippen LogP contribution in [0.2, 0.25) is 0 Å². The third-order valence-electron chi connectivity index (χ3n) is 5.78. The molecule has 0 radical (unpaired) electrons. The number of benzene rings is 4. The fourth-order valence-electron chi connectivity index (χ4n) is 3.81. The van der Waals surface area contributed by atoms with Crippen molar-refractivity contribution in [3.05, 3.63) is 96.1 Å². The molecule has 0 aliphatic rings. The molecule has 4 aromatic carbocycles. The second-order valence-corrected chi connectivity index (χ2v) is 11.3. The number of ether oxygens (including phenoxy) is 2. The molecule has 0 aromatic heterocycles. The summed E-state index contributed by atoms with van der Waals surface area (Å²) in [4.78, 5) is -0.790. The highest BCUT2D eigenvalue weighted by atomic mass is 32.2. The molecule has 0 amide bonds. The molecule has 0 atom stereocenters. The van der Waals surface area contributed by atoms with E-state index in [1.165, 1.54) is 36.4 Å². The molecule has 0 saturated carbocycles. The molecule has 4 N–H and O–H groups in total. The Morgan fingerprint density at radius 1 is 0.550 bits per heavy atom. The van der Waals surface area contributed by atoms with Crippen LogP contribution in [0.25, 0.3) is 12.2 Å². The molecule has 0 aliphatic carbocycles. The molecule has 0 bridgehead atoms. The summed E-state index contributed by atoms with van der Waals surface area (Å²) in [5.41, 5.74) is 2.30. The largest absolute Gasteiger partial charge is 0.497 e. The highest BCUT2D eigenvalue weighted by Crippen LogP contribution is 2.29. The molecule has 0 unspecified atom stereocenters. The van der Waals surface area contributed by atoms with Gasteiger partial charge in [-0.1, -0.05) is 24.3 Å². The van der Waals surface area contributed by atoms with Gasteiger partial charge in [0.25, 0.3) is 20.2 Å². The Morgan fingerprint density at radius 3 is 1.18 bits per heavy atom. The third-order valence-corrected chi connectivity index (χ3v) is 7.60. The van der Waals surface area contributed by atoms with Gasteiger partial charge in [0.1, 0.15) is 21.3 Å². The lowest BCUT2D eigenvalue weighted by Crippen LogP contribution is -2.03. The average Bonchev–Trinajstić information content (AvgIpc) is 2.92. The first-order valence-electron chi connectivity index (χ1n) is 11.7. The van der Waals surface area contributed by atoms with Crippen LogP contribution >= 0.6 is 0 Å². The van der Waals surface area contributed by atoms with Crippen molar-refractivity contribution in [2.24, 2.45) is 0 Å². The Labute approximate surface area is 232 Å². The topological polar surface area (TPSA) is 151 Å². The molecular weight excluding hydrogens is 556 g/mol. The predicted molar refractivity (Wildman–Crippen MR) is 154 cm³/mol. The lowest BCUT2D eigenvalue weighted by molar-refractivity contribution is 0.415. The van der Waals surface area contributed by atoms with Gasteiger partial charge < -0.3 is 20.1 Å². The Kier molecular flexibility index (Phi) is 8.45. The second kappa shape index (κ2) is 11.8. The summed E-state index contributed by atoms with van der Waals surface area (Å²) in [6.07, 6.45) is 2.67. The molecule has 4 aromatic rings. The smallest absolute Gasteiger partial charge is 0.295 e. The fourth-order valence-corrected chi connectivity index (χ4v) is 5.23. The summed E-state index contributed by atoms with van der Waals surface area (Å²) in [6.45, 7) is 0. The predicted octanol–water partition coefficient (Wildman–Crippen LogP) is 5.85. The minimum absolute atomic E-state index is 0.101. The van der Waals surface area contributed by atoms with Crippen LogP contribution in [-0.2, 0) is 20.2 Å². The Bertz CT molecular complexity index is 1620. The van der Waals surface area contributed by atoms with E-state index in [0.29, 0.717) is 34.2 Å². The van der Waals surface area contributed by atoms with Gasteiger partial charge in [0.05, 0.1) is 14.2 Å². The van der Waals surface area contributed by atoms with E-state index in [-0.39, 0.29) is 11.1 Å². The van der Waals surface area contributed by atoms with E-state index in [9.17, 15) is 25.9 Å². The van der Waals surface area contributed by atoms with E-state index in [2.05, 4.69) is 10.6 Å². The van der Waals surface area contributed by atoms with Crippen LogP contribution in [0.3, 0.4) is 0 Å². The highest BCUT2D eigenvalue weighted by Gasteiger charge is 2.18. The van der Waals surface area contributed by atoms with Crippen molar-refractivity contribution >= 4 is 55.1 Å². The van der Waals surface area contributed by atoms with Crippen molar-refractivity contribution in [1.29, 1.82) is 0 Å². The maximum Gasteiger partial charge on any atom is 0.295 e. The van der Waals surface area contributed by atoms with Gasteiger partial charge in [-0.3, -0.25) is 9.11 Å². The van der Waals surface area contributed by atoms with E-state index in [4.69, 9.17) is 9.47 Å². The van der Waals surface area contributed by atoms with Crippen molar-refractivity contribution in [1.82, 2.24) is 0 Å². The average molecular weight is 583 g/mol. The van der Waals surface area contributed by atoms with E-state index in [1.807, 2.05) is 0 Å². The van der Waals surface area contributed by atoms with Gasteiger partial charge in [-0.2, -0.15) is 16.8 Å². The summed E-state index contributed by atoms with van der Waals surface area (Å²) in [5.74, 6) is 1.30. The molecular formula is C28H26N2O8S2. The van der Waals surface area contributed by atoms with Crippen LogP contribution in [0.15, 0.2) is 94.7 Å². The molecule has 0 spiro atoms. The van der Waals surface area contributed by atoms with Gasteiger partial charge in [-0.15, -0.1) is 0 Å². The zero-order valence-corrected chi connectivity index (χ0v) is 23.0. The van der Waals surface area contributed by atoms with Crippen LogP contribution < -0.4 is 20.1 Å². The van der Waals surface area contributed by atoms with Crippen LogP contribution in [0, 0.1) is 0 Å². The van der Waals surface area contributed by atoms with Gasteiger partial charge in [-0.25, -0.2) is 0 Å². The Hall–Kier alpha value is -4.36. The first-order valence-corrected chi connectivity index (χ1v) is 14.6. The van der Waals surface area contributed by atoms with Gasteiger partial charge >= 0.3 is 0 Å². The van der Waals surface area contributed by atoms with E-state index in [0.717, 1.165) is 0 Å². The first kappa shape index (κ1) is 28.6. The van der Waals surface area contributed by atoms with Crippen molar-refractivity contribution in [2.75, 3.05) is 24.9 Å². The number of hydrogen-bond donors (Lipinski definition) is 4. The number of anilines is 4. The molecule has 0 saturated heterocycles. The Balaban J connectivity index is 1.64. The second-order valence-electron chi connectivity index (χ2n) is 8.50. The summed E-state index contributed by atoms with van der Waals surface area (Å²) in [7, 11) is -6.21. The van der Waals surface area contributed by atoms with Gasteiger partial charge in [0.2, 0.25) is 0 Å². The van der Waals surface area contributed by atoms with E-state index < -0.39 is 30.0 Å². The van der Waals surface area contributed by atoms with Crippen LogP contribution in [0.1, 0.15) is 11.1 Å². The standard InChI is InChI=1S/C28H26N2O8S2/c1-37-25-13-9-21(10-14-25)29-23-7-5-19(27(17-23)39(31,32)33)3-4-20-6-8-24(18-28(20)40(34,35)36)30-22-11-15-26(38-2)16-12-22/h3-18,29-30H,1-2H3,(H,31,32,33)(H,34,35,36)/b4-3+. The van der Waals surface area contributed by atoms with Crippen LogP contribution in [-0.4, -0.2) is 40.2 Å². The number of rotatable bonds is 10. The third kappa shape index (κ3) is 7.18. The zero-order chi connectivity index (χ0) is 28.9. The van der Waals surface area contributed by atoms with Crippen molar-refractivity contribution in [3.63, 3.8) is 0 Å². The van der Waals surface area contributed by atoms with Gasteiger partial charge in [0.15, 0.2) is 0 Å². The quantitative estimate of drug-likeness (QED) is 0.132. The van der Waals surface area contributed by atoms with Crippen molar-refractivity contribution < 1.29 is 35.4 Å². The van der Waals surface area contributed by atoms with Crippen molar-refractivity contribution in [2.45, 2.75) is 9.79 Å². The monoisotopic (exact) mass is 582 g/mol. The molecule has 4 rings (SSSR count). The lowest BCUT2D eigenvalue weighted by Gasteiger charge is -2.11. The van der Waals surface area contributed by atoms with Crippen molar-refractivity contribution in [3.8, 4) is 11.5 Å². The minimum atomic E-state index is -4.65. The lowest BCUT2D eigenvalue weighted by atomic mass is 10.1. The SMILES string of the molecule is COc1ccc(Nc2ccc(/C=C/c3ccc(Nc4ccc(OC)cc4)cc3S(=O)(=O)O)c(S(=O)(=O)O)c2)cc1. The van der Waals surface area contributed by atoms with Gasteiger partial charge in [-0.05, 0) is 83.9 Å². The summed E-state index contributed by atoms with van der Waals surface area (Å²) >= 11 is 0. The number of hydrogen-bond acceptors (Lipinski definition) is 8. The van der Waals surface area contributed by atoms with E-state index in [1.54, 1.807) is 74.9 Å². The van der Waals surface area contributed by atoms with Crippen LogP contribution in [0.4, 0.5) is 22.7 Å². The first-order chi connectivity index (χ1) is 19.0. The maximum atomic E-state index is 12.2. The maximum absolute atomic E-state index is 12.2. The molecule has 0 aliphatic heterocycles. The minimum Gasteiger partial charge on any atom is -0.497 e. The molecule has 40 heavy (non-hydrogen) atoms. The Morgan fingerprint density at radius 2 is 0.875 bits per heavy atom. The number of methoxy groups -OCH3 is 2. The fraction of sp³-hybridized carbons (Fsp3) is 0.0714. The molecule has 12 heteroatoms. The molecule has 10 nitrogen and oxygen atoms in total. The highest BCUT2D eigenvalue weighted by molar-refractivity contribution is 7.86. The van der Waals surface area contributed by atoms with E-state index >= 15 is 0 Å².